The van der Waals surface area contributed by atoms with Gasteiger partial charge in [0, 0.05) is 0 Å². The van der Waals surface area contributed by atoms with Crippen molar-refractivity contribution in [3.8, 4) is 11.5 Å². The Kier molecular flexibility index (Phi) is 6.57. The summed E-state index contributed by atoms with van der Waals surface area (Å²) in [5, 5.41) is 0. The van der Waals surface area contributed by atoms with Crippen LogP contribution in [0.1, 0.15) is 5.56 Å². The van der Waals surface area contributed by atoms with Gasteiger partial charge >= 0.3 is 0 Å². The molecule has 150 valence electrons. The van der Waals surface area contributed by atoms with E-state index in [1.165, 1.54) is 23.5 Å². The standard InChI is InChI=1S/C23H23NO4S/c1-3-17-24(29(25,26)23-15-13-21(27-2)14-16-23)20-9-11-22(12-10-20)28-18-19-7-5-4-6-8-19/h3-16H,1,17-18H2,2H3. The summed E-state index contributed by atoms with van der Waals surface area (Å²) in [5.41, 5.74) is 1.60. The molecule has 0 aliphatic carbocycles. The first-order valence-corrected chi connectivity index (χ1v) is 10.5. The molecule has 0 saturated carbocycles. The van der Waals surface area contributed by atoms with Crippen LogP contribution in [0.4, 0.5) is 5.69 Å². The second-order valence-corrected chi connectivity index (χ2v) is 8.13. The van der Waals surface area contributed by atoms with E-state index in [9.17, 15) is 8.42 Å². The summed E-state index contributed by atoms with van der Waals surface area (Å²) in [5.74, 6) is 1.26. The van der Waals surface area contributed by atoms with Gasteiger partial charge in [-0.05, 0) is 54.1 Å². The molecule has 5 nitrogen and oxygen atoms in total. The zero-order valence-corrected chi connectivity index (χ0v) is 17.0. The van der Waals surface area contributed by atoms with E-state index in [2.05, 4.69) is 6.58 Å². The second-order valence-electron chi connectivity index (χ2n) is 6.27. The quantitative estimate of drug-likeness (QED) is 0.483. The van der Waals surface area contributed by atoms with Crippen molar-refractivity contribution in [3.05, 3.63) is 97.1 Å². The maximum absolute atomic E-state index is 13.1. The van der Waals surface area contributed by atoms with Crippen LogP contribution in [-0.4, -0.2) is 22.1 Å². The van der Waals surface area contributed by atoms with Crippen LogP contribution in [0.3, 0.4) is 0 Å². The Labute approximate surface area is 171 Å². The van der Waals surface area contributed by atoms with Gasteiger partial charge in [0.25, 0.3) is 10.0 Å². The topological polar surface area (TPSA) is 55.8 Å². The van der Waals surface area contributed by atoms with Crippen LogP contribution in [0.5, 0.6) is 11.5 Å². The number of methoxy groups -OCH3 is 1. The maximum Gasteiger partial charge on any atom is 0.264 e. The molecule has 6 heteroatoms. The summed E-state index contributed by atoms with van der Waals surface area (Å²) in [4.78, 5) is 0.185. The van der Waals surface area contributed by atoms with Crippen molar-refractivity contribution in [2.45, 2.75) is 11.5 Å². The number of hydrogen-bond acceptors (Lipinski definition) is 4. The molecular weight excluding hydrogens is 386 g/mol. The summed E-state index contributed by atoms with van der Waals surface area (Å²) >= 11 is 0. The van der Waals surface area contributed by atoms with E-state index in [0.717, 1.165) is 5.56 Å². The minimum atomic E-state index is -3.74. The molecule has 3 aromatic carbocycles. The highest BCUT2D eigenvalue weighted by Crippen LogP contribution is 2.27. The van der Waals surface area contributed by atoms with Gasteiger partial charge in [-0.15, -0.1) is 6.58 Å². The van der Waals surface area contributed by atoms with E-state index in [1.54, 1.807) is 42.5 Å². The van der Waals surface area contributed by atoms with Gasteiger partial charge in [0.1, 0.15) is 18.1 Å². The minimum absolute atomic E-state index is 0.151. The molecule has 0 atom stereocenters. The molecule has 0 N–H and O–H groups in total. The van der Waals surface area contributed by atoms with Crippen molar-refractivity contribution >= 4 is 15.7 Å². The first-order chi connectivity index (χ1) is 14.0. The zero-order chi connectivity index (χ0) is 20.7. The molecule has 0 aliphatic rings. The Balaban J connectivity index is 1.79. The normalized spacial score (nSPS) is 10.9. The van der Waals surface area contributed by atoms with E-state index in [1.807, 2.05) is 30.3 Å². The summed E-state index contributed by atoms with van der Waals surface area (Å²) in [6.07, 6.45) is 1.56. The molecule has 0 aromatic heterocycles. The van der Waals surface area contributed by atoms with Crippen LogP contribution in [0.25, 0.3) is 0 Å². The largest absolute Gasteiger partial charge is 0.497 e. The van der Waals surface area contributed by atoms with E-state index in [4.69, 9.17) is 9.47 Å². The number of nitrogens with zero attached hydrogens (tertiary/aromatic N) is 1. The van der Waals surface area contributed by atoms with Crippen LogP contribution >= 0.6 is 0 Å². The molecular formula is C23H23NO4S. The number of anilines is 1. The van der Waals surface area contributed by atoms with E-state index in [-0.39, 0.29) is 11.4 Å². The van der Waals surface area contributed by atoms with Crippen LogP contribution in [0, 0.1) is 0 Å². The first-order valence-electron chi connectivity index (χ1n) is 9.09. The van der Waals surface area contributed by atoms with Gasteiger partial charge in [-0.1, -0.05) is 36.4 Å². The number of hydrogen-bond donors (Lipinski definition) is 0. The van der Waals surface area contributed by atoms with Crippen molar-refractivity contribution in [2.24, 2.45) is 0 Å². The second kappa shape index (κ2) is 9.30. The molecule has 0 bridgehead atoms. The van der Waals surface area contributed by atoms with Crippen LogP contribution in [0.2, 0.25) is 0 Å². The van der Waals surface area contributed by atoms with Crippen LogP contribution in [0.15, 0.2) is 96.4 Å². The lowest BCUT2D eigenvalue weighted by atomic mass is 10.2. The fourth-order valence-corrected chi connectivity index (χ4v) is 4.22. The summed E-state index contributed by atoms with van der Waals surface area (Å²) in [6.45, 7) is 4.29. The number of ether oxygens (including phenoxy) is 2. The summed E-state index contributed by atoms with van der Waals surface area (Å²) in [7, 11) is -2.21. The van der Waals surface area contributed by atoms with Gasteiger partial charge in [0.05, 0.1) is 24.2 Å². The van der Waals surface area contributed by atoms with E-state index < -0.39 is 10.0 Å². The summed E-state index contributed by atoms with van der Waals surface area (Å²) in [6, 6.07) is 23.1. The third-order valence-corrected chi connectivity index (χ3v) is 6.12. The highest BCUT2D eigenvalue weighted by atomic mass is 32.2. The molecule has 0 heterocycles. The monoisotopic (exact) mass is 409 g/mol. The third kappa shape index (κ3) is 4.97. The lowest BCUT2D eigenvalue weighted by molar-refractivity contribution is 0.306. The Morgan fingerprint density at radius 1 is 0.897 bits per heavy atom. The lowest BCUT2D eigenvalue weighted by Crippen LogP contribution is -2.31. The predicted octanol–water partition coefficient (Wildman–Crippen LogP) is 4.66. The fourth-order valence-electron chi connectivity index (χ4n) is 2.78. The van der Waals surface area contributed by atoms with Gasteiger partial charge in [-0.25, -0.2) is 8.42 Å². The van der Waals surface area contributed by atoms with E-state index in [0.29, 0.717) is 23.8 Å². The average molecular weight is 410 g/mol. The molecule has 0 aliphatic heterocycles. The fraction of sp³-hybridized carbons (Fsp3) is 0.130. The van der Waals surface area contributed by atoms with Crippen molar-refractivity contribution in [3.63, 3.8) is 0 Å². The molecule has 0 unspecified atom stereocenters. The Hall–Kier alpha value is -3.25. The van der Waals surface area contributed by atoms with Crippen molar-refractivity contribution in [1.29, 1.82) is 0 Å². The average Bonchev–Trinajstić information content (AvgIpc) is 2.77. The molecule has 0 spiro atoms. The first kappa shape index (κ1) is 20.5. The van der Waals surface area contributed by atoms with Gasteiger partial charge in [-0.2, -0.15) is 0 Å². The molecule has 3 aromatic rings. The van der Waals surface area contributed by atoms with Crippen LogP contribution in [-0.2, 0) is 16.6 Å². The van der Waals surface area contributed by atoms with Gasteiger partial charge < -0.3 is 9.47 Å². The molecule has 0 saturated heterocycles. The maximum atomic E-state index is 13.1. The number of benzene rings is 3. The smallest absolute Gasteiger partial charge is 0.264 e. The molecule has 3 rings (SSSR count). The third-order valence-electron chi connectivity index (χ3n) is 4.32. The van der Waals surface area contributed by atoms with Crippen molar-refractivity contribution in [2.75, 3.05) is 18.0 Å². The minimum Gasteiger partial charge on any atom is -0.497 e. The van der Waals surface area contributed by atoms with Gasteiger partial charge in [0.2, 0.25) is 0 Å². The van der Waals surface area contributed by atoms with Crippen molar-refractivity contribution in [1.82, 2.24) is 0 Å². The number of rotatable bonds is 9. The number of sulfonamides is 1. The molecule has 29 heavy (non-hydrogen) atoms. The lowest BCUT2D eigenvalue weighted by Gasteiger charge is -2.23. The van der Waals surface area contributed by atoms with Crippen molar-refractivity contribution < 1.29 is 17.9 Å². The molecule has 0 amide bonds. The highest BCUT2D eigenvalue weighted by Gasteiger charge is 2.24. The highest BCUT2D eigenvalue weighted by molar-refractivity contribution is 7.92. The Bertz CT molecular complexity index is 1030. The molecule has 0 radical (unpaired) electrons. The zero-order valence-electron chi connectivity index (χ0n) is 16.2. The van der Waals surface area contributed by atoms with Crippen LogP contribution < -0.4 is 13.8 Å². The van der Waals surface area contributed by atoms with Gasteiger partial charge in [-0.3, -0.25) is 4.31 Å². The van der Waals surface area contributed by atoms with E-state index >= 15 is 0 Å². The Morgan fingerprint density at radius 3 is 2.10 bits per heavy atom. The SMILES string of the molecule is C=CCN(c1ccc(OCc2ccccc2)cc1)S(=O)(=O)c1ccc(OC)cc1. The summed E-state index contributed by atoms with van der Waals surface area (Å²) < 4.78 is 38.4. The molecule has 0 fully saturated rings. The van der Waals surface area contributed by atoms with Gasteiger partial charge in [0.15, 0.2) is 0 Å². The predicted molar refractivity (Wildman–Crippen MR) is 115 cm³/mol. The Morgan fingerprint density at radius 2 is 1.52 bits per heavy atom.